The number of ether oxygens (including phenoxy) is 1. The van der Waals surface area contributed by atoms with Gasteiger partial charge in [-0.3, -0.25) is 9.98 Å². The molecule has 5 nitrogen and oxygen atoms in total. The highest BCUT2D eigenvalue weighted by Gasteiger charge is 2.28. The third kappa shape index (κ3) is 3.18. The van der Waals surface area contributed by atoms with Crippen LogP contribution in [0.4, 0.5) is 0 Å². The molecule has 2 aromatic heterocycles. The Kier molecular flexibility index (Phi) is 4.27. The summed E-state index contributed by atoms with van der Waals surface area (Å²) < 4.78 is 6.46. The van der Waals surface area contributed by atoms with E-state index in [1.54, 1.807) is 35.5 Å². The highest BCUT2D eigenvalue weighted by Crippen LogP contribution is 2.29. The van der Waals surface area contributed by atoms with Crippen LogP contribution >= 0.6 is 23.1 Å². The molecular formula is C17H13N3O2S2. The molecule has 1 aliphatic rings. The van der Waals surface area contributed by atoms with Crippen molar-refractivity contribution in [2.75, 3.05) is 5.75 Å². The molecule has 0 amide bonds. The van der Waals surface area contributed by atoms with E-state index in [4.69, 9.17) is 4.74 Å². The maximum atomic E-state index is 12.2. The average Bonchev–Trinajstić information content (AvgIpc) is 3.27. The van der Waals surface area contributed by atoms with Gasteiger partial charge in [-0.25, -0.2) is 9.78 Å². The Labute approximate surface area is 146 Å². The Hall–Kier alpha value is -2.25. The van der Waals surface area contributed by atoms with Crippen LogP contribution in [0, 0.1) is 0 Å². The van der Waals surface area contributed by atoms with Crippen LogP contribution in [-0.4, -0.2) is 32.8 Å². The number of fused-ring (bicyclic) bond motifs is 1. The van der Waals surface area contributed by atoms with Crippen LogP contribution in [-0.2, 0) is 16.1 Å². The van der Waals surface area contributed by atoms with E-state index in [2.05, 4.69) is 15.0 Å². The predicted molar refractivity (Wildman–Crippen MR) is 96.4 cm³/mol. The van der Waals surface area contributed by atoms with Gasteiger partial charge in [0.05, 0.1) is 10.2 Å². The fourth-order valence-corrected chi connectivity index (χ4v) is 4.37. The summed E-state index contributed by atoms with van der Waals surface area (Å²) in [6, 6.07) is 11.2. The van der Waals surface area contributed by atoms with Gasteiger partial charge in [-0.05, 0) is 18.2 Å². The minimum absolute atomic E-state index is 0.222. The number of carbonyl (C=O) groups excluding carboxylic acids is 1. The number of thiazole rings is 1. The number of carbonyl (C=O) groups is 1. The van der Waals surface area contributed by atoms with Crippen molar-refractivity contribution in [1.82, 2.24) is 9.97 Å². The zero-order chi connectivity index (χ0) is 16.4. The Morgan fingerprint density at radius 1 is 1.25 bits per heavy atom. The Bertz CT molecular complexity index is 875. The number of nitrogens with zero attached hydrogens (tertiary/aromatic N) is 3. The quantitative estimate of drug-likeness (QED) is 0.672. The lowest BCUT2D eigenvalue weighted by Crippen LogP contribution is -2.21. The Balaban J connectivity index is 1.45. The van der Waals surface area contributed by atoms with E-state index >= 15 is 0 Å². The molecule has 120 valence electrons. The lowest BCUT2D eigenvalue weighted by atomic mass is 10.3. The minimum Gasteiger partial charge on any atom is -0.459 e. The van der Waals surface area contributed by atoms with Crippen LogP contribution in [0.5, 0.6) is 0 Å². The molecule has 3 aromatic rings. The van der Waals surface area contributed by atoms with Gasteiger partial charge >= 0.3 is 5.97 Å². The van der Waals surface area contributed by atoms with Crippen molar-refractivity contribution in [1.29, 1.82) is 0 Å². The first-order valence-electron chi connectivity index (χ1n) is 7.42. The largest absolute Gasteiger partial charge is 0.459 e. The SMILES string of the molecule is O=C(OCc1cccnc1)C1CSC(c2nc3ccccc3s2)=N1. The van der Waals surface area contributed by atoms with Gasteiger partial charge in [0.2, 0.25) is 0 Å². The molecule has 0 aliphatic carbocycles. The fraction of sp³-hybridized carbons (Fsp3) is 0.176. The summed E-state index contributed by atoms with van der Waals surface area (Å²) in [4.78, 5) is 25.3. The molecule has 3 heterocycles. The zero-order valence-electron chi connectivity index (χ0n) is 12.6. The lowest BCUT2D eigenvalue weighted by Gasteiger charge is -2.06. The van der Waals surface area contributed by atoms with Crippen LogP contribution < -0.4 is 0 Å². The molecule has 1 atom stereocenters. The molecular weight excluding hydrogens is 342 g/mol. The van der Waals surface area contributed by atoms with Crippen molar-refractivity contribution < 1.29 is 9.53 Å². The summed E-state index contributed by atoms with van der Waals surface area (Å²) in [6.45, 7) is 0.222. The topological polar surface area (TPSA) is 64.4 Å². The number of hydrogen-bond acceptors (Lipinski definition) is 7. The van der Waals surface area contributed by atoms with Crippen molar-refractivity contribution in [2.24, 2.45) is 4.99 Å². The van der Waals surface area contributed by atoms with Gasteiger partial charge in [0.1, 0.15) is 16.7 Å². The van der Waals surface area contributed by atoms with Gasteiger partial charge in [0.15, 0.2) is 6.04 Å². The van der Waals surface area contributed by atoms with Gasteiger partial charge in [0.25, 0.3) is 0 Å². The van der Waals surface area contributed by atoms with Gasteiger partial charge in [-0.2, -0.15) is 0 Å². The van der Waals surface area contributed by atoms with E-state index in [0.29, 0.717) is 5.75 Å². The maximum Gasteiger partial charge on any atom is 0.332 e. The van der Waals surface area contributed by atoms with Gasteiger partial charge in [-0.1, -0.05) is 18.2 Å². The molecule has 24 heavy (non-hydrogen) atoms. The lowest BCUT2D eigenvalue weighted by molar-refractivity contribution is -0.145. The minimum atomic E-state index is -0.464. The summed E-state index contributed by atoms with van der Waals surface area (Å²) in [5.74, 6) is 0.291. The van der Waals surface area contributed by atoms with Crippen LogP contribution in [0.3, 0.4) is 0 Å². The summed E-state index contributed by atoms with van der Waals surface area (Å²) in [5.41, 5.74) is 1.83. The molecule has 1 unspecified atom stereocenters. The fourth-order valence-electron chi connectivity index (χ4n) is 2.31. The smallest absolute Gasteiger partial charge is 0.332 e. The normalized spacial score (nSPS) is 17.0. The monoisotopic (exact) mass is 355 g/mol. The molecule has 0 N–H and O–H groups in total. The molecule has 0 spiro atoms. The van der Waals surface area contributed by atoms with Crippen LogP contribution in [0.15, 0.2) is 53.8 Å². The first-order chi connectivity index (χ1) is 11.8. The maximum absolute atomic E-state index is 12.2. The Morgan fingerprint density at radius 3 is 3.00 bits per heavy atom. The number of para-hydroxylation sites is 1. The highest BCUT2D eigenvalue weighted by molar-refractivity contribution is 8.15. The molecule has 7 heteroatoms. The summed E-state index contributed by atoms with van der Waals surface area (Å²) in [5, 5.41) is 1.68. The number of aliphatic imine (C=N–C) groups is 1. The molecule has 0 radical (unpaired) electrons. The van der Waals surface area contributed by atoms with E-state index in [9.17, 15) is 4.79 Å². The number of benzene rings is 1. The number of esters is 1. The standard InChI is InChI=1S/C17H13N3O2S2/c21-17(22-9-11-4-3-7-18-8-11)13-10-23-15(20-13)16-19-12-5-1-2-6-14(12)24-16/h1-8,13H,9-10H2. The molecule has 4 rings (SSSR count). The van der Waals surface area contributed by atoms with E-state index in [1.807, 2.05) is 36.4 Å². The second-order valence-electron chi connectivity index (χ2n) is 5.22. The van der Waals surface area contributed by atoms with Gasteiger partial charge in [0, 0.05) is 23.7 Å². The van der Waals surface area contributed by atoms with Crippen molar-refractivity contribution in [3.05, 3.63) is 59.4 Å². The number of aromatic nitrogens is 2. The number of thioether (sulfide) groups is 1. The highest BCUT2D eigenvalue weighted by atomic mass is 32.2. The third-order valence-electron chi connectivity index (χ3n) is 3.50. The first kappa shape index (κ1) is 15.3. The molecule has 1 aromatic carbocycles. The first-order valence-corrected chi connectivity index (χ1v) is 9.22. The third-order valence-corrected chi connectivity index (χ3v) is 5.73. The number of hydrogen-bond donors (Lipinski definition) is 0. The van der Waals surface area contributed by atoms with Crippen molar-refractivity contribution >= 4 is 44.3 Å². The summed E-state index contributed by atoms with van der Waals surface area (Å²) >= 11 is 3.15. The second kappa shape index (κ2) is 6.70. The van der Waals surface area contributed by atoms with Crippen LogP contribution in [0.25, 0.3) is 10.2 Å². The molecule has 0 saturated carbocycles. The Morgan fingerprint density at radius 2 is 2.17 bits per heavy atom. The number of pyridine rings is 1. The molecule has 0 bridgehead atoms. The number of rotatable bonds is 4. The van der Waals surface area contributed by atoms with Crippen molar-refractivity contribution in [3.8, 4) is 0 Å². The van der Waals surface area contributed by atoms with E-state index in [0.717, 1.165) is 25.8 Å². The van der Waals surface area contributed by atoms with Crippen LogP contribution in [0.2, 0.25) is 0 Å². The average molecular weight is 355 g/mol. The van der Waals surface area contributed by atoms with Gasteiger partial charge < -0.3 is 4.74 Å². The second-order valence-corrected chi connectivity index (χ2v) is 7.26. The van der Waals surface area contributed by atoms with Crippen molar-refractivity contribution in [3.63, 3.8) is 0 Å². The van der Waals surface area contributed by atoms with E-state index in [1.165, 1.54) is 0 Å². The zero-order valence-corrected chi connectivity index (χ0v) is 14.2. The predicted octanol–water partition coefficient (Wildman–Crippen LogP) is 3.30. The summed E-state index contributed by atoms with van der Waals surface area (Å²) in [6.07, 6.45) is 3.38. The molecule has 0 saturated heterocycles. The molecule has 0 fully saturated rings. The van der Waals surface area contributed by atoms with E-state index < -0.39 is 6.04 Å². The van der Waals surface area contributed by atoms with Crippen LogP contribution in [0.1, 0.15) is 10.6 Å². The summed E-state index contributed by atoms with van der Waals surface area (Å²) in [7, 11) is 0. The van der Waals surface area contributed by atoms with Crippen molar-refractivity contribution in [2.45, 2.75) is 12.6 Å². The van der Waals surface area contributed by atoms with Gasteiger partial charge in [-0.15, -0.1) is 23.1 Å². The molecule has 1 aliphatic heterocycles. The van der Waals surface area contributed by atoms with E-state index in [-0.39, 0.29) is 12.6 Å².